The van der Waals surface area contributed by atoms with Crippen LogP contribution in [0.5, 0.6) is 0 Å². The molecule has 0 aliphatic heterocycles. The Morgan fingerprint density at radius 2 is 1.08 bits per heavy atom. The van der Waals surface area contributed by atoms with Gasteiger partial charge in [-0.05, 0) is 93.8 Å². The van der Waals surface area contributed by atoms with E-state index < -0.39 is 120 Å². The van der Waals surface area contributed by atoms with Gasteiger partial charge in [0.2, 0.25) is 53.2 Å². The average Bonchev–Trinajstić information content (AvgIpc) is 3.62. The van der Waals surface area contributed by atoms with Gasteiger partial charge < -0.3 is 50.5 Å². The van der Waals surface area contributed by atoms with E-state index in [-0.39, 0.29) is 73.5 Å². The molecule has 0 aromatic rings. The molecule has 23 heteroatoms. The Morgan fingerprint density at radius 3 is 1.53 bits per heavy atom. The largest absolute Gasteiger partial charge is 0.390 e. The number of carbonyl (C=O) groups excluding carboxylic acids is 11. The molecule has 6 N–H and O–H groups in total. The van der Waals surface area contributed by atoms with Gasteiger partial charge in [0.05, 0.1) is 18.7 Å². The van der Waals surface area contributed by atoms with Crippen molar-refractivity contribution < 1.29 is 57.8 Å². The number of allylic oxidation sites excluding steroid dienone is 2. The van der Waals surface area contributed by atoms with Gasteiger partial charge in [-0.25, -0.2) is 4.79 Å². The Hall–Kier alpha value is -5.97. The third kappa shape index (κ3) is 23.5. The maximum Gasteiger partial charge on any atom is 0.324 e. The van der Waals surface area contributed by atoms with E-state index in [2.05, 4.69) is 26.6 Å². The predicted molar refractivity (Wildman–Crippen MR) is 321 cm³/mol. The molecular formula is C60H109N11O12. The Labute approximate surface area is 496 Å². The summed E-state index contributed by atoms with van der Waals surface area (Å²) in [7, 11) is 9.97. The highest BCUT2D eigenvalue weighted by Crippen LogP contribution is 2.25. The molecule has 0 spiro atoms. The number of carbonyl (C=O) groups is 11. The number of hydrogen-bond donors (Lipinski definition) is 6. The normalized spacial score (nSPS) is 15.7. The van der Waals surface area contributed by atoms with Gasteiger partial charge in [0.15, 0.2) is 11.9 Å². The first kappa shape index (κ1) is 77.0. The van der Waals surface area contributed by atoms with Crippen molar-refractivity contribution in [2.75, 3.05) is 55.9 Å². The van der Waals surface area contributed by atoms with Crippen LogP contribution in [0.1, 0.15) is 156 Å². The monoisotopic (exact) mass is 1180 g/mol. The fourth-order valence-electron chi connectivity index (χ4n) is 9.73. The highest BCUT2D eigenvalue weighted by Gasteiger charge is 2.45. The molecule has 11 amide bonds. The molecule has 0 saturated heterocycles. The zero-order chi connectivity index (χ0) is 64.7. The summed E-state index contributed by atoms with van der Waals surface area (Å²) in [6, 6.07) is -8.98. The molecule has 0 heterocycles. The third-order valence-electron chi connectivity index (χ3n) is 14.9. The van der Waals surface area contributed by atoms with E-state index in [4.69, 9.17) is 0 Å². The number of likely N-dealkylation sites (N-methyl/N-ethyl adjacent to an activating group) is 7. The van der Waals surface area contributed by atoms with E-state index in [9.17, 15) is 57.8 Å². The summed E-state index contributed by atoms with van der Waals surface area (Å²) in [4.78, 5) is 160. The SMILES string of the molecule is C/C=C/C[C@@H](C)[C@@H](O)[C@H](C(=O)NC(CC)C(=O)N(C)CC(=O)N(C)C(C=O)(CC(C)C)N[C@H](C(=O)N(C)[C@@H](CC(C)C)C(=O)N[C@@H](C)C(=O)NC(=O)N(C)C(CC(C)C)C(=O)N(C)[C@@H](CC(C)C)C(=O)NC)C(C)C)N(C)C(=O)CC(C)C. The topological polar surface area (TPSA) is 288 Å². The van der Waals surface area contributed by atoms with Gasteiger partial charge in [-0.3, -0.25) is 58.6 Å². The van der Waals surface area contributed by atoms with Crippen LogP contribution in [0.25, 0.3) is 0 Å². The van der Waals surface area contributed by atoms with Crippen LogP contribution in [0.4, 0.5) is 4.79 Å². The van der Waals surface area contributed by atoms with Crippen molar-refractivity contribution in [2.45, 2.75) is 210 Å². The highest BCUT2D eigenvalue weighted by molar-refractivity contribution is 6.01. The summed E-state index contributed by atoms with van der Waals surface area (Å²) in [5.41, 5.74) is -1.84. The minimum absolute atomic E-state index is 0.0116. The molecule has 0 aliphatic carbocycles. The van der Waals surface area contributed by atoms with Crippen molar-refractivity contribution in [1.29, 1.82) is 0 Å². The summed E-state index contributed by atoms with van der Waals surface area (Å²) >= 11 is 0. The van der Waals surface area contributed by atoms with Crippen LogP contribution < -0.4 is 26.6 Å². The summed E-state index contributed by atoms with van der Waals surface area (Å²) in [6.07, 6.45) is 4.27. The molecule has 476 valence electrons. The van der Waals surface area contributed by atoms with Gasteiger partial charge in [-0.15, -0.1) is 0 Å². The van der Waals surface area contributed by atoms with Crippen molar-refractivity contribution in [2.24, 2.45) is 41.4 Å². The summed E-state index contributed by atoms with van der Waals surface area (Å²) < 4.78 is 0. The minimum atomic E-state index is -1.84. The molecule has 0 rings (SSSR count). The Bertz CT molecular complexity index is 2200. The highest BCUT2D eigenvalue weighted by atomic mass is 16.3. The Kier molecular flexibility index (Phi) is 33.4. The summed E-state index contributed by atoms with van der Waals surface area (Å²) in [5, 5.41) is 24.9. The predicted octanol–water partition coefficient (Wildman–Crippen LogP) is 3.77. The second-order valence-electron chi connectivity index (χ2n) is 25.0. The number of nitrogens with zero attached hydrogens (tertiary/aromatic N) is 6. The number of amides is 11. The van der Waals surface area contributed by atoms with E-state index in [1.165, 1.54) is 71.0 Å². The summed E-state index contributed by atoms with van der Waals surface area (Å²) in [5.74, 6) is -6.96. The fourth-order valence-corrected chi connectivity index (χ4v) is 9.73. The second kappa shape index (κ2) is 36.0. The van der Waals surface area contributed by atoms with Gasteiger partial charge in [-0.1, -0.05) is 109 Å². The number of rotatable bonds is 35. The first-order valence-electron chi connectivity index (χ1n) is 29.6. The van der Waals surface area contributed by atoms with E-state index in [1.807, 2.05) is 88.3 Å². The average molecular weight is 1180 g/mol. The van der Waals surface area contributed by atoms with E-state index in [0.29, 0.717) is 19.1 Å². The van der Waals surface area contributed by atoms with Gasteiger partial charge in [-0.2, -0.15) is 0 Å². The van der Waals surface area contributed by atoms with Crippen LogP contribution >= 0.6 is 0 Å². The molecule has 0 aliphatic rings. The molecule has 0 saturated carbocycles. The molecular weight excluding hydrogens is 1070 g/mol. The lowest BCUT2D eigenvalue weighted by Gasteiger charge is -2.44. The number of aldehydes is 1. The fraction of sp³-hybridized carbons (Fsp3) is 0.783. The van der Waals surface area contributed by atoms with Crippen LogP contribution in [0.3, 0.4) is 0 Å². The number of aliphatic hydroxyl groups excluding tert-OH is 1. The lowest BCUT2D eigenvalue weighted by molar-refractivity contribution is -0.151. The smallest absolute Gasteiger partial charge is 0.324 e. The van der Waals surface area contributed by atoms with Gasteiger partial charge in [0.1, 0.15) is 36.3 Å². The lowest BCUT2D eigenvalue weighted by atomic mass is 9.92. The number of aliphatic hydroxyl groups is 1. The van der Waals surface area contributed by atoms with E-state index >= 15 is 0 Å². The number of imide groups is 1. The molecule has 0 bridgehead atoms. The zero-order valence-electron chi connectivity index (χ0n) is 54.7. The van der Waals surface area contributed by atoms with Gasteiger partial charge in [0.25, 0.3) is 0 Å². The van der Waals surface area contributed by atoms with Crippen LogP contribution in [-0.4, -0.2) is 210 Å². The molecule has 0 fully saturated rings. The van der Waals surface area contributed by atoms with Crippen LogP contribution in [-0.2, 0) is 47.9 Å². The van der Waals surface area contributed by atoms with Crippen LogP contribution in [0.15, 0.2) is 12.2 Å². The van der Waals surface area contributed by atoms with Crippen LogP contribution in [0, 0.1) is 41.4 Å². The number of nitrogens with one attached hydrogen (secondary N) is 5. The van der Waals surface area contributed by atoms with Crippen molar-refractivity contribution >= 4 is 65.5 Å². The maximum atomic E-state index is 14.8. The Balaban J connectivity index is 6.79. The quantitative estimate of drug-likeness (QED) is 0.0300. The zero-order valence-corrected chi connectivity index (χ0v) is 54.7. The summed E-state index contributed by atoms with van der Waals surface area (Å²) in [6.45, 7) is 28.2. The molecule has 3 unspecified atom stereocenters. The maximum absolute atomic E-state index is 14.8. The van der Waals surface area contributed by atoms with E-state index in [1.54, 1.807) is 27.7 Å². The molecule has 0 radical (unpaired) electrons. The second-order valence-corrected chi connectivity index (χ2v) is 25.0. The van der Waals surface area contributed by atoms with E-state index in [0.717, 1.165) is 14.7 Å². The molecule has 0 aromatic heterocycles. The first-order chi connectivity index (χ1) is 38.3. The Morgan fingerprint density at radius 1 is 0.578 bits per heavy atom. The molecule has 10 atom stereocenters. The lowest BCUT2D eigenvalue weighted by Crippen LogP contribution is -2.68. The van der Waals surface area contributed by atoms with Crippen molar-refractivity contribution in [3.63, 3.8) is 0 Å². The number of urea groups is 1. The molecule has 23 nitrogen and oxygen atoms in total. The van der Waals surface area contributed by atoms with Crippen molar-refractivity contribution in [3.8, 4) is 0 Å². The van der Waals surface area contributed by atoms with Gasteiger partial charge >= 0.3 is 6.03 Å². The molecule has 83 heavy (non-hydrogen) atoms. The third-order valence-corrected chi connectivity index (χ3v) is 14.9. The van der Waals surface area contributed by atoms with Crippen molar-refractivity contribution in [3.05, 3.63) is 12.2 Å². The number of hydrogen-bond acceptors (Lipinski definition) is 13. The van der Waals surface area contributed by atoms with Gasteiger partial charge in [0, 0.05) is 55.8 Å². The van der Waals surface area contributed by atoms with Crippen LogP contribution in [0.2, 0.25) is 0 Å². The standard InChI is InChI=1S/C60H109N11O12/c1-24-26-27-41(15)51(75)50(70(22)47(73)31-38(9)10)55(79)63-43(25-2)56(80)66(18)33-48(74)71(23)60(34-72,32-39(11)12)65-49(40(13)14)58(82)68(20)45(29-36(5)6)54(78)62-42(16)52(76)64-59(83)69(21)46(30-37(7)8)57(81)67(19)44(28-35(3)4)53(77)61-17/h24,26,34-46,49-51,65,75H,25,27-33H2,1-23H3,(H,61,77)(H,62,78)(H,63,79)(H,64,76,83)/b26-24+/t41-,42+,43?,44+,45+,46?,49+,50-,51-,60?/m1/s1. The minimum Gasteiger partial charge on any atom is -0.390 e. The first-order valence-corrected chi connectivity index (χ1v) is 29.6. The molecule has 0 aromatic carbocycles. The van der Waals surface area contributed by atoms with Crippen molar-refractivity contribution in [1.82, 2.24) is 56.0 Å².